The van der Waals surface area contributed by atoms with Crippen LogP contribution in [0.25, 0.3) is 11.1 Å². The summed E-state index contributed by atoms with van der Waals surface area (Å²) >= 11 is 3.40. The number of halogens is 1. The van der Waals surface area contributed by atoms with Crippen molar-refractivity contribution in [2.24, 2.45) is 39.4 Å². The molecule has 15 nitrogen and oxygen atoms in total. The molecule has 0 unspecified atom stereocenters. The molecule has 0 spiro atoms. The Morgan fingerprint density at radius 1 is 0.623 bits per heavy atom. The van der Waals surface area contributed by atoms with Gasteiger partial charge in [0.05, 0.1) is 6.04 Å². The molecule has 0 aliphatic carbocycles. The van der Waals surface area contributed by atoms with E-state index in [4.69, 9.17) is 34.4 Å². The van der Waals surface area contributed by atoms with Crippen LogP contribution in [0.15, 0.2) is 88.3 Å². The summed E-state index contributed by atoms with van der Waals surface area (Å²) < 4.78 is 0.831. The average Bonchev–Trinajstić information content (AvgIpc) is 3.12. The molecule has 0 fully saturated rings. The summed E-state index contributed by atoms with van der Waals surface area (Å²) in [5, 5.41) is 11.1. The zero-order chi connectivity index (χ0) is 38.8. The van der Waals surface area contributed by atoms with E-state index in [0.717, 1.165) is 26.7 Å². The van der Waals surface area contributed by atoms with Crippen LogP contribution in [-0.2, 0) is 32.0 Å². The predicted octanol–water partition coefficient (Wildman–Crippen LogP) is 0.183. The zero-order valence-corrected chi connectivity index (χ0v) is 31.3. The Hall–Kier alpha value is -4.87. The minimum atomic E-state index is -1.13. The molecule has 0 aromatic heterocycles. The highest BCUT2D eigenvalue weighted by molar-refractivity contribution is 9.10. The number of rotatable bonds is 22. The van der Waals surface area contributed by atoms with Crippen molar-refractivity contribution < 1.29 is 19.2 Å². The lowest BCUT2D eigenvalue weighted by Gasteiger charge is -2.26. The van der Waals surface area contributed by atoms with Gasteiger partial charge in [-0.05, 0) is 79.5 Å². The molecule has 4 amide bonds. The molecule has 0 saturated heterocycles. The lowest BCUT2D eigenvalue weighted by Crippen LogP contribution is -2.58. The van der Waals surface area contributed by atoms with Gasteiger partial charge in [-0.2, -0.15) is 0 Å². The Labute approximate surface area is 318 Å². The highest BCUT2D eigenvalue weighted by Crippen LogP contribution is 2.20. The van der Waals surface area contributed by atoms with E-state index in [0.29, 0.717) is 32.4 Å². The summed E-state index contributed by atoms with van der Waals surface area (Å²) in [7, 11) is 0. The summed E-state index contributed by atoms with van der Waals surface area (Å²) in [4.78, 5) is 57.2. The van der Waals surface area contributed by atoms with Crippen molar-refractivity contribution in [2.75, 3.05) is 13.1 Å². The van der Waals surface area contributed by atoms with E-state index in [1.165, 1.54) is 0 Å². The van der Waals surface area contributed by atoms with Gasteiger partial charge >= 0.3 is 0 Å². The topological polar surface area (TPSA) is 285 Å². The molecule has 53 heavy (non-hydrogen) atoms. The first-order chi connectivity index (χ1) is 25.3. The van der Waals surface area contributed by atoms with E-state index in [1.807, 2.05) is 66.7 Å². The van der Waals surface area contributed by atoms with E-state index in [9.17, 15) is 19.2 Å². The normalized spacial score (nSPS) is 13.3. The van der Waals surface area contributed by atoms with Crippen molar-refractivity contribution in [2.45, 2.75) is 75.4 Å². The standard InChI is InChI=1S/C37H52BrN11O4/c38-27-17-13-24(14-18-27)22-31(35(53)47-29(32(40)50)9-4-5-19-45-36(41)42)49-34(52)30(10-6-20-46-37(43)44)48-33(51)28(39)21-23-11-15-26(16-12-23)25-7-2-1-3-8-25/h1-3,7-8,11-18,28-31,37,46H,4-6,9-10,19-22,39,43-44H2,(H2,40,50)(H,47,53)(H,48,51)(H,49,52)(H4,41,42,45)/t28-,29-,30-,31-/m0/s1. The number of unbranched alkanes of at least 4 members (excludes halogenated alkanes) is 1. The maximum absolute atomic E-state index is 13.9. The monoisotopic (exact) mass is 793 g/mol. The van der Waals surface area contributed by atoms with Gasteiger partial charge in [-0.3, -0.25) is 29.5 Å². The summed E-state index contributed by atoms with van der Waals surface area (Å²) in [5.41, 5.74) is 37.6. The Balaban J connectivity index is 1.75. The lowest BCUT2D eigenvalue weighted by atomic mass is 10.00. The number of carbonyl (C=O) groups excluding carboxylic acids is 4. The molecule has 3 aromatic rings. The van der Waals surface area contributed by atoms with Crippen LogP contribution in [0.3, 0.4) is 0 Å². The third kappa shape index (κ3) is 15.7. The Bertz CT molecular complexity index is 1640. The largest absolute Gasteiger partial charge is 0.370 e. The molecular weight excluding hydrogens is 742 g/mol. The first-order valence-corrected chi connectivity index (χ1v) is 18.3. The van der Waals surface area contributed by atoms with Crippen LogP contribution in [-0.4, -0.2) is 73.1 Å². The molecule has 0 heterocycles. The minimum Gasteiger partial charge on any atom is -0.370 e. The molecule has 286 valence electrons. The molecule has 3 rings (SSSR count). The van der Waals surface area contributed by atoms with Gasteiger partial charge in [0.15, 0.2) is 5.96 Å². The van der Waals surface area contributed by atoms with Gasteiger partial charge in [0, 0.05) is 17.4 Å². The number of carbonyl (C=O) groups is 4. The number of nitrogens with one attached hydrogen (secondary N) is 4. The summed E-state index contributed by atoms with van der Waals surface area (Å²) in [6.07, 6.45) is 1.44. The smallest absolute Gasteiger partial charge is 0.243 e. The van der Waals surface area contributed by atoms with Gasteiger partial charge in [0.25, 0.3) is 0 Å². The molecule has 16 N–H and O–H groups in total. The van der Waals surface area contributed by atoms with E-state index in [-0.39, 0.29) is 31.6 Å². The van der Waals surface area contributed by atoms with Gasteiger partial charge in [-0.25, -0.2) is 0 Å². The Morgan fingerprint density at radius 2 is 1.17 bits per heavy atom. The quantitative estimate of drug-likeness (QED) is 0.0285. The van der Waals surface area contributed by atoms with E-state index >= 15 is 0 Å². The van der Waals surface area contributed by atoms with Gasteiger partial charge in [0.1, 0.15) is 24.4 Å². The number of guanidine groups is 1. The van der Waals surface area contributed by atoms with Crippen molar-refractivity contribution in [3.63, 3.8) is 0 Å². The Kier molecular flexibility index (Phi) is 17.9. The number of primary amides is 1. The molecule has 0 aliphatic heterocycles. The van der Waals surface area contributed by atoms with Gasteiger partial charge in [0.2, 0.25) is 23.6 Å². The SMILES string of the molecule is NC(=O)[C@H](CCCCN=C(N)N)NC(=O)[C@H](Cc1ccc(Br)cc1)NC(=O)[C@H](CCCNC(N)N)NC(=O)[C@@H](N)Cc1ccc(-c2ccccc2)cc1. The van der Waals surface area contributed by atoms with Crippen molar-refractivity contribution in [3.8, 4) is 11.1 Å². The fourth-order valence-corrected chi connectivity index (χ4v) is 5.76. The maximum atomic E-state index is 13.9. The summed E-state index contributed by atoms with van der Waals surface area (Å²) in [5.74, 6) is -2.54. The average molecular weight is 795 g/mol. The molecule has 0 radical (unpaired) electrons. The fraction of sp³-hybridized carbons (Fsp3) is 0.378. The number of benzene rings is 3. The highest BCUT2D eigenvalue weighted by atomic mass is 79.9. The molecule has 16 heteroatoms. The van der Waals surface area contributed by atoms with Gasteiger partial charge in [-0.15, -0.1) is 0 Å². The van der Waals surface area contributed by atoms with Crippen molar-refractivity contribution in [3.05, 3.63) is 94.5 Å². The van der Waals surface area contributed by atoms with E-state index in [2.05, 4.69) is 42.2 Å². The van der Waals surface area contributed by atoms with Crippen molar-refractivity contribution in [1.29, 1.82) is 0 Å². The number of aliphatic imine (C=N–C) groups is 1. The van der Waals surface area contributed by atoms with Crippen LogP contribution in [0.1, 0.15) is 43.2 Å². The minimum absolute atomic E-state index is 0.0409. The maximum Gasteiger partial charge on any atom is 0.243 e. The number of hydrogen-bond acceptors (Lipinski definition) is 9. The first-order valence-electron chi connectivity index (χ1n) is 17.5. The van der Waals surface area contributed by atoms with Crippen molar-refractivity contribution in [1.82, 2.24) is 21.3 Å². The highest BCUT2D eigenvalue weighted by Gasteiger charge is 2.30. The van der Waals surface area contributed by atoms with Gasteiger partial charge < -0.3 is 50.4 Å². The van der Waals surface area contributed by atoms with Crippen LogP contribution in [0, 0.1) is 0 Å². The first kappa shape index (κ1) is 42.5. The number of nitrogens with zero attached hydrogens (tertiary/aromatic N) is 1. The fourth-order valence-electron chi connectivity index (χ4n) is 5.50. The molecular formula is C37H52BrN11O4. The molecule has 0 aliphatic rings. The number of amides is 4. The van der Waals surface area contributed by atoms with Crippen LogP contribution in [0.5, 0.6) is 0 Å². The van der Waals surface area contributed by atoms with Crippen LogP contribution in [0.2, 0.25) is 0 Å². The third-order valence-corrected chi connectivity index (χ3v) is 8.91. The van der Waals surface area contributed by atoms with E-state index in [1.54, 1.807) is 12.1 Å². The van der Waals surface area contributed by atoms with Gasteiger partial charge in [-0.1, -0.05) is 82.7 Å². The summed E-state index contributed by atoms with van der Waals surface area (Å²) in [6.45, 7) is 0.720. The molecule has 0 saturated carbocycles. The van der Waals surface area contributed by atoms with Crippen LogP contribution >= 0.6 is 15.9 Å². The number of nitrogens with two attached hydrogens (primary N) is 6. The zero-order valence-electron chi connectivity index (χ0n) is 29.7. The molecule has 4 atom stereocenters. The van der Waals surface area contributed by atoms with Crippen LogP contribution in [0.4, 0.5) is 0 Å². The number of hydrogen-bond donors (Lipinski definition) is 10. The molecule has 0 bridgehead atoms. The molecule has 3 aromatic carbocycles. The van der Waals surface area contributed by atoms with Crippen molar-refractivity contribution >= 4 is 45.5 Å². The Morgan fingerprint density at radius 3 is 1.79 bits per heavy atom. The second-order valence-electron chi connectivity index (χ2n) is 12.7. The second-order valence-corrected chi connectivity index (χ2v) is 13.6. The lowest BCUT2D eigenvalue weighted by molar-refractivity contribution is -0.133. The summed E-state index contributed by atoms with van der Waals surface area (Å²) in [6, 6.07) is 20.7. The van der Waals surface area contributed by atoms with E-state index < -0.39 is 54.1 Å². The predicted molar refractivity (Wildman–Crippen MR) is 210 cm³/mol. The third-order valence-electron chi connectivity index (χ3n) is 8.38. The second kappa shape index (κ2) is 22.3. The van der Waals surface area contributed by atoms with Crippen LogP contribution < -0.4 is 55.7 Å².